The summed E-state index contributed by atoms with van der Waals surface area (Å²) in [6.45, 7) is 3.09. The zero-order valence-electron chi connectivity index (χ0n) is 12.6. The van der Waals surface area contributed by atoms with Crippen LogP contribution in [-0.4, -0.2) is 51.8 Å². The van der Waals surface area contributed by atoms with E-state index in [0.29, 0.717) is 24.5 Å². The van der Waals surface area contributed by atoms with Gasteiger partial charge in [-0.1, -0.05) is 0 Å². The number of morpholine rings is 1. The molecule has 0 saturated carbocycles. The molecule has 1 aromatic carbocycles. The third kappa shape index (κ3) is 3.96. The van der Waals surface area contributed by atoms with Crippen LogP contribution in [0.4, 0.5) is 11.4 Å². The number of rotatable bonds is 5. The van der Waals surface area contributed by atoms with E-state index in [1.54, 1.807) is 12.1 Å². The van der Waals surface area contributed by atoms with Gasteiger partial charge in [-0.3, -0.25) is 4.79 Å². The number of nitrogens with zero attached hydrogens (tertiary/aromatic N) is 1. The lowest BCUT2D eigenvalue weighted by atomic mass is 10.1. The van der Waals surface area contributed by atoms with Crippen molar-refractivity contribution in [2.45, 2.75) is 6.42 Å². The van der Waals surface area contributed by atoms with E-state index in [1.165, 1.54) is 7.11 Å². The van der Waals surface area contributed by atoms with Gasteiger partial charge in [-0.15, -0.1) is 0 Å². The molecule has 120 valence electrons. The molecule has 0 radical (unpaired) electrons. The molecule has 1 aromatic rings. The van der Waals surface area contributed by atoms with Crippen molar-refractivity contribution in [1.29, 1.82) is 0 Å². The summed E-state index contributed by atoms with van der Waals surface area (Å²) in [6.07, 6.45) is 0.200. The molecule has 22 heavy (non-hydrogen) atoms. The van der Waals surface area contributed by atoms with Crippen molar-refractivity contribution >= 4 is 23.3 Å². The number of nitrogens with one attached hydrogen (secondary N) is 1. The number of hydrogen-bond donors (Lipinski definition) is 2. The van der Waals surface area contributed by atoms with Gasteiger partial charge in [-0.2, -0.15) is 0 Å². The van der Waals surface area contributed by atoms with Crippen molar-refractivity contribution in [2.75, 3.05) is 50.2 Å². The van der Waals surface area contributed by atoms with E-state index in [0.717, 1.165) is 18.8 Å². The van der Waals surface area contributed by atoms with Gasteiger partial charge in [0, 0.05) is 31.7 Å². The number of amides is 1. The maximum Gasteiger partial charge on any atom is 0.340 e. The Balaban J connectivity index is 2.25. The smallest absolute Gasteiger partial charge is 0.340 e. The summed E-state index contributed by atoms with van der Waals surface area (Å²) >= 11 is 0. The summed E-state index contributed by atoms with van der Waals surface area (Å²) in [5, 5.41) is 2.69. The molecule has 1 aliphatic rings. The molecular weight excluding hydrogens is 286 g/mol. The first kappa shape index (κ1) is 16.3. The number of ether oxygens (including phenoxy) is 2. The van der Waals surface area contributed by atoms with Gasteiger partial charge >= 0.3 is 5.97 Å². The van der Waals surface area contributed by atoms with Crippen molar-refractivity contribution in [3.05, 3.63) is 23.8 Å². The highest BCUT2D eigenvalue weighted by Crippen LogP contribution is 2.25. The highest BCUT2D eigenvalue weighted by atomic mass is 16.5. The minimum absolute atomic E-state index is 0.200. The largest absolute Gasteiger partial charge is 0.465 e. The molecule has 1 fully saturated rings. The molecule has 1 heterocycles. The molecule has 1 saturated heterocycles. The minimum atomic E-state index is -0.488. The van der Waals surface area contributed by atoms with Gasteiger partial charge in [0.25, 0.3) is 0 Å². The molecule has 1 aliphatic heterocycles. The topological polar surface area (TPSA) is 93.9 Å². The monoisotopic (exact) mass is 307 g/mol. The van der Waals surface area contributed by atoms with Crippen LogP contribution in [0.3, 0.4) is 0 Å². The van der Waals surface area contributed by atoms with E-state index in [4.69, 9.17) is 15.2 Å². The maximum absolute atomic E-state index is 12.0. The van der Waals surface area contributed by atoms with E-state index in [2.05, 4.69) is 10.2 Å². The van der Waals surface area contributed by atoms with E-state index in [1.807, 2.05) is 6.07 Å². The molecule has 0 aromatic heterocycles. The Morgan fingerprint density at radius 2 is 2.09 bits per heavy atom. The van der Waals surface area contributed by atoms with E-state index in [9.17, 15) is 9.59 Å². The molecule has 0 bridgehead atoms. The van der Waals surface area contributed by atoms with Crippen LogP contribution in [-0.2, 0) is 14.3 Å². The van der Waals surface area contributed by atoms with Gasteiger partial charge < -0.3 is 25.4 Å². The number of benzene rings is 1. The summed E-state index contributed by atoms with van der Waals surface area (Å²) < 4.78 is 10.1. The van der Waals surface area contributed by atoms with Crippen LogP contribution in [0, 0.1) is 0 Å². The number of carbonyl (C=O) groups is 2. The molecule has 7 heteroatoms. The Morgan fingerprint density at radius 3 is 2.73 bits per heavy atom. The van der Waals surface area contributed by atoms with Gasteiger partial charge in [0.05, 0.1) is 31.6 Å². The van der Waals surface area contributed by atoms with Gasteiger partial charge in [0.2, 0.25) is 5.91 Å². The predicted molar refractivity (Wildman–Crippen MR) is 83.1 cm³/mol. The maximum atomic E-state index is 12.0. The predicted octanol–water partition coefficient (Wildman–Crippen LogP) is 0.597. The van der Waals surface area contributed by atoms with E-state index >= 15 is 0 Å². The Hall–Kier alpha value is -2.12. The zero-order valence-corrected chi connectivity index (χ0v) is 12.6. The molecular formula is C15H21N3O4. The van der Waals surface area contributed by atoms with Crippen molar-refractivity contribution in [1.82, 2.24) is 0 Å². The first-order valence-electron chi connectivity index (χ1n) is 7.20. The van der Waals surface area contributed by atoms with Crippen LogP contribution in [0.15, 0.2) is 18.2 Å². The molecule has 0 spiro atoms. The molecule has 0 unspecified atom stereocenters. The van der Waals surface area contributed by atoms with Crippen molar-refractivity contribution in [3.8, 4) is 0 Å². The van der Waals surface area contributed by atoms with Crippen molar-refractivity contribution < 1.29 is 19.1 Å². The minimum Gasteiger partial charge on any atom is -0.465 e. The number of methoxy groups -OCH3 is 1. The third-order valence-electron chi connectivity index (χ3n) is 3.43. The number of esters is 1. The fourth-order valence-corrected chi connectivity index (χ4v) is 2.28. The van der Waals surface area contributed by atoms with Crippen LogP contribution in [0.1, 0.15) is 16.8 Å². The summed E-state index contributed by atoms with van der Waals surface area (Å²) in [4.78, 5) is 25.8. The highest BCUT2D eigenvalue weighted by molar-refractivity contribution is 6.02. The van der Waals surface area contributed by atoms with Gasteiger partial charge in [-0.25, -0.2) is 4.79 Å². The fraction of sp³-hybridized carbons (Fsp3) is 0.467. The Kier molecular flexibility index (Phi) is 5.74. The van der Waals surface area contributed by atoms with Gasteiger partial charge in [-0.05, 0) is 18.2 Å². The van der Waals surface area contributed by atoms with Crippen LogP contribution >= 0.6 is 0 Å². The summed E-state index contributed by atoms with van der Waals surface area (Å²) in [7, 11) is 1.31. The zero-order chi connectivity index (χ0) is 15.9. The standard InChI is InChI=1S/C15H21N3O4/c1-21-15(20)12-10-11(18-6-8-22-9-7-18)2-3-13(12)17-14(19)4-5-16/h2-3,10H,4-9,16H2,1H3,(H,17,19). The van der Waals surface area contributed by atoms with E-state index in [-0.39, 0.29) is 18.9 Å². The summed E-state index contributed by atoms with van der Waals surface area (Å²) in [5.74, 6) is -0.718. The Bertz CT molecular complexity index is 542. The SMILES string of the molecule is COC(=O)c1cc(N2CCOCC2)ccc1NC(=O)CCN. The first-order chi connectivity index (χ1) is 10.7. The van der Waals surface area contributed by atoms with Gasteiger partial charge in [0.15, 0.2) is 0 Å². The Labute approximate surface area is 129 Å². The van der Waals surface area contributed by atoms with Crippen molar-refractivity contribution in [3.63, 3.8) is 0 Å². The normalized spacial score (nSPS) is 14.5. The van der Waals surface area contributed by atoms with E-state index < -0.39 is 5.97 Å². The highest BCUT2D eigenvalue weighted by Gasteiger charge is 2.18. The second kappa shape index (κ2) is 7.77. The average molecular weight is 307 g/mol. The molecule has 2 rings (SSSR count). The van der Waals surface area contributed by atoms with Crippen LogP contribution < -0.4 is 16.0 Å². The molecule has 7 nitrogen and oxygen atoms in total. The average Bonchev–Trinajstić information content (AvgIpc) is 2.55. The third-order valence-corrected chi connectivity index (χ3v) is 3.43. The van der Waals surface area contributed by atoms with Crippen LogP contribution in [0.25, 0.3) is 0 Å². The van der Waals surface area contributed by atoms with Gasteiger partial charge in [0.1, 0.15) is 0 Å². The fourth-order valence-electron chi connectivity index (χ4n) is 2.28. The molecule has 0 aliphatic carbocycles. The van der Waals surface area contributed by atoms with Crippen LogP contribution in [0.2, 0.25) is 0 Å². The number of nitrogens with two attached hydrogens (primary N) is 1. The second-order valence-electron chi connectivity index (χ2n) is 4.91. The number of hydrogen-bond acceptors (Lipinski definition) is 6. The molecule has 0 atom stereocenters. The summed E-state index contributed by atoms with van der Waals surface area (Å²) in [6, 6.07) is 5.32. The lowest BCUT2D eigenvalue weighted by molar-refractivity contribution is -0.116. The number of carbonyl (C=O) groups excluding carboxylic acids is 2. The second-order valence-corrected chi connectivity index (χ2v) is 4.91. The van der Waals surface area contributed by atoms with Crippen LogP contribution in [0.5, 0.6) is 0 Å². The lowest BCUT2D eigenvalue weighted by Crippen LogP contribution is -2.36. The van der Waals surface area contributed by atoms with Crippen molar-refractivity contribution in [2.24, 2.45) is 5.73 Å². The molecule has 3 N–H and O–H groups in total. The first-order valence-corrected chi connectivity index (χ1v) is 7.20. The number of anilines is 2. The quantitative estimate of drug-likeness (QED) is 0.774. The molecule has 1 amide bonds. The Morgan fingerprint density at radius 1 is 1.36 bits per heavy atom. The summed E-state index contributed by atoms with van der Waals surface area (Å²) in [5.41, 5.74) is 7.02. The lowest BCUT2D eigenvalue weighted by Gasteiger charge is -2.29.